The van der Waals surface area contributed by atoms with Gasteiger partial charge in [0.15, 0.2) is 0 Å². The molecule has 108 valence electrons. The molecule has 0 radical (unpaired) electrons. The summed E-state index contributed by atoms with van der Waals surface area (Å²) >= 11 is 7.04. The lowest BCUT2D eigenvalue weighted by atomic mass is 10.1. The Hall–Kier alpha value is -0.100. The van der Waals surface area contributed by atoms with Gasteiger partial charge in [-0.15, -0.1) is 22.9 Å². The van der Waals surface area contributed by atoms with Crippen molar-refractivity contribution in [2.75, 3.05) is 6.54 Å². The Morgan fingerprint density at radius 2 is 2.21 bits per heavy atom. The van der Waals surface area contributed by atoms with Crippen LogP contribution in [0.3, 0.4) is 0 Å². The van der Waals surface area contributed by atoms with E-state index >= 15 is 0 Å². The van der Waals surface area contributed by atoms with Gasteiger partial charge in [-0.2, -0.15) is 4.31 Å². The fourth-order valence-electron chi connectivity index (χ4n) is 2.55. The summed E-state index contributed by atoms with van der Waals surface area (Å²) in [5.74, 6) is 0.364. The van der Waals surface area contributed by atoms with Gasteiger partial charge < -0.3 is 0 Å². The summed E-state index contributed by atoms with van der Waals surface area (Å²) in [5.41, 5.74) is 0.883. The maximum absolute atomic E-state index is 12.7. The van der Waals surface area contributed by atoms with Gasteiger partial charge in [-0.05, 0) is 36.3 Å². The van der Waals surface area contributed by atoms with Crippen LogP contribution in [0.15, 0.2) is 15.7 Å². The molecule has 1 aromatic heterocycles. The first-order valence-electron chi connectivity index (χ1n) is 6.74. The summed E-state index contributed by atoms with van der Waals surface area (Å²) in [6.07, 6.45) is 5.07. The Kier molecular flexibility index (Phi) is 5.29. The summed E-state index contributed by atoms with van der Waals surface area (Å²) in [4.78, 5) is 0. The quantitative estimate of drug-likeness (QED) is 0.790. The van der Waals surface area contributed by atoms with E-state index in [4.69, 9.17) is 11.6 Å². The van der Waals surface area contributed by atoms with Gasteiger partial charge >= 0.3 is 0 Å². The molecule has 6 heteroatoms. The second-order valence-electron chi connectivity index (χ2n) is 4.93. The van der Waals surface area contributed by atoms with E-state index in [9.17, 15) is 8.42 Å². The van der Waals surface area contributed by atoms with Crippen LogP contribution in [0.2, 0.25) is 0 Å². The van der Waals surface area contributed by atoms with Gasteiger partial charge in [0, 0.05) is 18.5 Å². The van der Waals surface area contributed by atoms with Crippen LogP contribution in [-0.4, -0.2) is 25.3 Å². The van der Waals surface area contributed by atoms with Gasteiger partial charge in [0.05, 0.1) is 0 Å². The Labute approximate surface area is 124 Å². The molecule has 1 fully saturated rings. The summed E-state index contributed by atoms with van der Waals surface area (Å²) in [6, 6.07) is 1.86. The maximum atomic E-state index is 12.7. The van der Waals surface area contributed by atoms with Crippen LogP contribution in [0.25, 0.3) is 0 Å². The zero-order valence-corrected chi connectivity index (χ0v) is 13.5. The minimum absolute atomic E-state index is 0.147. The molecule has 0 amide bonds. The van der Waals surface area contributed by atoms with E-state index in [2.05, 4.69) is 6.92 Å². The van der Waals surface area contributed by atoms with E-state index in [1.165, 1.54) is 11.3 Å². The summed E-state index contributed by atoms with van der Waals surface area (Å²) in [7, 11) is -3.34. The molecular formula is C13H20ClNO2S2. The second-order valence-corrected chi connectivity index (χ2v) is 8.23. The van der Waals surface area contributed by atoms with Crippen molar-refractivity contribution < 1.29 is 8.42 Å². The van der Waals surface area contributed by atoms with Crippen LogP contribution in [-0.2, 0) is 15.9 Å². The van der Waals surface area contributed by atoms with Crippen molar-refractivity contribution in [2.24, 2.45) is 0 Å². The second kappa shape index (κ2) is 6.57. The maximum Gasteiger partial charge on any atom is 0.252 e. The van der Waals surface area contributed by atoms with Crippen molar-refractivity contribution in [1.29, 1.82) is 0 Å². The molecule has 1 saturated heterocycles. The third kappa shape index (κ3) is 3.32. The number of thiophene rings is 1. The van der Waals surface area contributed by atoms with Crippen LogP contribution < -0.4 is 0 Å². The monoisotopic (exact) mass is 321 g/mol. The van der Waals surface area contributed by atoms with Crippen molar-refractivity contribution in [3.8, 4) is 0 Å². The molecule has 1 aliphatic heterocycles. The summed E-state index contributed by atoms with van der Waals surface area (Å²) < 4.78 is 27.6. The van der Waals surface area contributed by atoms with E-state index < -0.39 is 10.0 Å². The highest BCUT2D eigenvalue weighted by molar-refractivity contribution is 7.91. The number of sulfonamides is 1. The lowest BCUT2D eigenvalue weighted by Crippen LogP contribution is -2.39. The van der Waals surface area contributed by atoms with E-state index in [1.807, 2.05) is 5.38 Å². The molecule has 1 aliphatic rings. The van der Waals surface area contributed by atoms with Crippen molar-refractivity contribution >= 4 is 33.0 Å². The molecule has 0 aliphatic carbocycles. The zero-order chi connectivity index (χ0) is 13.9. The van der Waals surface area contributed by atoms with E-state index in [0.717, 1.165) is 37.7 Å². The third-order valence-corrected chi connectivity index (χ3v) is 7.37. The number of rotatable bonds is 4. The van der Waals surface area contributed by atoms with E-state index in [1.54, 1.807) is 10.4 Å². The van der Waals surface area contributed by atoms with Crippen LogP contribution in [0.4, 0.5) is 0 Å². The molecule has 0 spiro atoms. The molecule has 1 atom stereocenters. The van der Waals surface area contributed by atoms with Crippen LogP contribution in [0.1, 0.15) is 44.6 Å². The fraction of sp³-hybridized carbons (Fsp3) is 0.692. The topological polar surface area (TPSA) is 37.4 Å². The highest BCUT2D eigenvalue weighted by Gasteiger charge is 2.32. The minimum Gasteiger partial charge on any atom is -0.206 e. The average molecular weight is 322 g/mol. The molecule has 1 aromatic rings. The Morgan fingerprint density at radius 3 is 2.84 bits per heavy atom. The zero-order valence-electron chi connectivity index (χ0n) is 11.1. The van der Waals surface area contributed by atoms with E-state index in [-0.39, 0.29) is 6.04 Å². The molecule has 2 heterocycles. The lowest BCUT2D eigenvalue weighted by Gasteiger charge is -2.27. The predicted octanol–water partition coefficient (Wildman–Crippen LogP) is 3.83. The van der Waals surface area contributed by atoms with Crippen molar-refractivity contribution in [3.63, 3.8) is 0 Å². The number of nitrogens with zero attached hydrogens (tertiary/aromatic N) is 1. The molecule has 1 unspecified atom stereocenters. The Bertz CT molecular complexity index is 512. The van der Waals surface area contributed by atoms with Crippen LogP contribution in [0, 0.1) is 0 Å². The molecule has 0 bridgehead atoms. The van der Waals surface area contributed by atoms with Crippen LogP contribution in [0.5, 0.6) is 0 Å². The standard InChI is InChI=1S/C13H20ClNO2S2/c1-2-12-6-4-3-5-7-15(12)19(16,17)13-8-11(9-14)10-18-13/h8,10,12H,2-7,9H2,1H3. The molecular weight excluding hydrogens is 302 g/mol. The van der Waals surface area contributed by atoms with Crippen molar-refractivity contribution in [2.45, 2.75) is 55.2 Å². The third-order valence-electron chi connectivity index (χ3n) is 3.64. The SMILES string of the molecule is CCC1CCCCCN1S(=O)(=O)c1cc(CCl)cs1. The van der Waals surface area contributed by atoms with Crippen LogP contribution >= 0.6 is 22.9 Å². The van der Waals surface area contributed by atoms with Crippen molar-refractivity contribution in [1.82, 2.24) is 4.31 Å². The van der Waals surface area contributed by atoms with Gasteiger partial charge in [-0.3, -0.25) is 0 Å². The van der Waals surface area contributed by atoms with Gasteiger partial charge in [0.2, 0.25) is 0 Å². The predicted molar refractivity (Wildman–Crippen MR) is 80.3 cm³/mol. The van der Waals surface area contributed by atoms with Gasteiger partial charge in [0.25, 0.3) is 10.0 Å². The number of hydrogen-bond donors (Lipinski definition) is 0. The highest BCUT2D eigenvalue weighted by atomic mass is 35.5. The summed E-state index contributed by atoms with van der Waals surface area (Å²) in [5, 5.41) is 1.83. The first kappa shape index (κ1) is 15.3. The largest absolute Gasteiger partial charge is 0.252 e. The molecule has 3 nitrogen and oxygen atoms in total. The normalized spacial score (nSPS) is 22.3. The first-order chi connectivity index (χ1) is 9.09. The fourth-order valence-corrected chi connectivity index (χ4v) is 5.90. The molecule has 0 saturated carbocycles. The lowest BCUT2D eigenvalue weighted by molar-refractivity contribution is 0.315. The number of alkyl halides is 1. The van der Waals surface area contributed by atoms with Crippen molar-refractivity contribution in [3.05, 3.63) is 17.0 Å². The molecule has 19 heavy (non-hydrogen) atoms. The minimum atomic E-state index is -3.34. The van der Waals surface area contributed by atoms with Gasteiger partial charge in [-0.25, -0.2) is 8.42 Å². The van der Waals surface area contributed by atoms with Gasteiger partial charge in [0.1, 0.15) is 4.21 Å². The smallest absolute Gasteiger partial charge is 0.206 e. The molecule has 2 rings (SSSR count). The highest BCUT2D eigenvalue weighted by Crippen LogP contribution is 2.30. The number of hydrogen-bond acceptors (Lipinski definition) is 3. The molecule has 0 aromatic carbocycles. The Morgan fingerprint density at radius 1 is 1.42 bits per heavy atom. The average Bonchev–Trinajstić information content (AvgIpc) is 2.76. The van der Waals surface area contributed by atoms with Gasteiger partial charge in [-0.1, -0.05) is 19.8 Å². The Balaban J connectivity index is 2.30. The first-order valence-corrected chi connectivity index (χ1v) is 9.60. The summed E-state index contributed by atoms with van der Waals surface area (Å²) in [6.45, 7) is 2.71. The van der Waals surface area contributed by atoms with E-state index in [0.29, 0.717) is 16.6 Å². The number of halogens is 1. The molecule has 0 N–H and O–H groups in total.